The second-order valence-electron chi connectivity index (χ2n) is 9.12. The lowest BCUT2D eigenvalue weighted by atomic mass is 9.87. The molecular weight excluding hydrogens is 396 g/mol. The minimum Gasteiger partial charge on any atom is -0.386 e. The van der Waals surface area contributed by atoms with Crippen LogP contribution in [0.4, 0.5) is 11.4 Å². The molecule has 5 nitrogen and oxygen atoms in total. The molecule has 1 amide bonds. The molecule has 4 rings (SSSR count). The lowest BCUT2D eigenvalue weighted by molar-refractivity contribution is -0.122. The number of rotatable bonds is 9. The van der Waals surface area contributed by atoms with E-state index in [0.29, 0.717) is 6.42 Å². The molecular formula is C27H38N4O. The molecule has 0 radical (unpaired) electrons. The van der Waals surface area contributed by atoms with E-state index in [9.17, 15) is 4.79 Å². The number of hydrogen-bond donors (Lipinski definition) is 2. The molecule has 0 saturated carbocycles. The molecule has 1 heterocycles. The molecule has 0 aromatic heterocycles. The zero-order chi connectivity index (χ0) is 22.2. The van der Waals surface area contributed by atoms with Gasteiger partial charge in [0.1, 0.15) is 0 Å². The Bertz CT molecular complexity index is 875. The third-order valence-corrected chi connectivity index (χ3v) is 6.97. The number of piperazine rings is 1. The van der Waals surface area contributed by atoms with Crippen molar-refractivity contribution in [3.05, 3.63) is 59.7 Å². The van der Waals surface area contributed by atoms with Crippen molar-refractivity contribution in [1.29, 1.82) is 0 Å². The van der Waals surface area contributed by atoms with Gasteiger partial charge in [-0.3, -0.25) is 9.69 Å². The number of anilines is 2. The van der Waals surface area contributed by atoms with Gasteiger partial charge in [0.15, 0.2) is 0 Å². The number of nitrogens with zero attached hydrogens (tertiary/aromatic N) is 2. The minimum absolute atomic E-state index is 0.205. The minimum atomic E-state index is 0.205. The maximum Gasteiger partial charge on any atom is 0.220 e. The Morgan fingerprint density at radius 2 is 1.75 bits per heavy atom. The van der Waals surface area contributed by atoms with Gasteiger partial charge in [0.05, 0.1) is 17.4 Å². The van der Waals surface area contributed by atoms with Crippen molar-refractivity contribution in [3.8, 4) is 0 Å². The third kappa shape index (κ3) is 5.83. The number of para-hydroxylation sites is 2. The van der Waals surface area contributed by atoms with E-state index in [4.69, 9.17) is 0 Å². The molecule has 1 saturated heterocycles. The highest BCUT2D eigenvalue weighted by molar-refractivity contribution is 5.76. The first-order valence-corrected chi connectivity index (χ1v) is 12.4. The number of fused-ring (bicyclic) bond motifs is 1. The van der Waals surface area contributed by atoms with Crippen LogP contribution in [0.1, 0.15) is 55.7 Å². The predicted octanol–water partition coefficient (Wildman–Crippen LogP) is 4.60. The molecule has 5 heteroatoms. The second kappa shape index (κ2) is 11.4. The zero-order valence-electron chi connectivity index (χ0n) is 19.5. The Morgan fingerprint density at radius 1 is 0.969 bits per heavy atom. The van der Waals surface area contributed by atoms with Crippen LogP contribution in [0, 0.1) is 0 Å². The van der Waals surface area contributed by atoms with E-state index in [1.165, 1.54) is 28.9 Å². The summed E-state index contributed by atoms with van der Waals surface area (Å²) in [5.41, 5.74) is 5.24. The van der Waals surface area contributed by atoms with Gasteiger partial charge in [0, 0.05) is 39.6 Å². The topological polar surface area (TPSA) is 47.6 Å². The van der Waals surface area contributed by atoms with Crippen molar-refractivity contribution in [1.82, 2.24) is 10.2 Å². The van der Waals surface area contributed by atoms with Crippen molar-refractivity contribution < 1.29 is 4.79 Å². The smallest absolute Gasteiger partial charge is 0.220 e. The summed E-state index contributed by atoms with van der Waals surface area (Å²) in [6, 6.07) is 17.3. The fraction of sp³-hybridized carbons (Fsp3) is 0.519. The quantitative estimate of drug-likeness (QED) is 0.566. The average molecular weight is 435 g/mol. The summed E-state index contributed by atoms with van der Waals surface area (Å²) in [5, 5.41) is 6.59. The van der Waals surface area contributed by atoms with Crippen LogP contribution in [0.5, 0.6) is 0 Å². The van der Waals surface area contributed by atoms with Gasteiger partial charge in [-0.1, -0.05) is 42.8 Å². The fourth-order valence-electron chi connectivity index (χ4n) is 5.14. The van der Waals surface area contributed by atoms with Crippen LogP contribution in [0.25, 0.3) is 0 Å². The number of carbonyl (C=O) groups is 1. The molecule has 1 fully saturated rings. The highest BCUT2D eigenvalue weighted by Crippen LogP contribution is 2.29. The van der Waals surface area contributed by atoms with E-state index in [1.807, 2.05) is 7.05 Å². The first-order valence-electron chi connectivity index (χ1n) is 12.4. The third-order valence-electron chi connectivity index (χ3n) is 6.97. The van der Waals surface area contributed by atoms with Crippen molar-refractivity contribution in [2.24, 2.45) is 0 Å². The zero-order valence-corrected chi connectivity index (χ0v) is 19.5. The summed E-state index contributed by atoms with van der Waals surface area (Å²) in [5.74, 6) is 0.212. The van der Waals surface area contributed by atoms with E-state index in [1.54, 1.807) is 0 Å². The lowest BCUT2D eigenvalue weighted by Gasteiger charge is -2.37. The van der Waals surface area contributed by atoms with E-state index in [-0.39, 0.29) is 11.9 Å². The van der Waals surface area contributed by atoms with Gasteiger partial charge in [0.2, 0.25) is 5.91 Å². The maximum atomic E-state index is 12.5. The summed E-state index contributed by atoms with van der Waals surface area (Å²) in [6.45, 7) is 5.51. The summed E-state index contributed by atoms with van der Waals surface area (Å²) in [4.78, 5) is 17.5. The number of benzene rings is 2. The van der Waals surface area contributed by atoms with E-state index in [0.717, 1.165) is 64.8 Å². The van der Waals surface area contributed by atoms with Crippen LogP contribution in [0.15, 0.2) is 48.5 Å². The molecule has 2 aromatic carbocycles. The fourth-order valence-corrected chi connectivity index (χ4v) is 5.14. The lowest BCUT2D eigenvalue weighted by Crippen LogP contribution is -2.46. The van der Waals surface area contributed by atoms with Crippen LogP contribution >= 0.6 is 0 Å². The Morgan fingerprint density at radius 3 is 2.59 bits per heavy atom. The van der Waals surface area contributed by atoms with Gasteiger partial charge in [-0.05, 0) is 61.9 Å². The normalized spacial score (nSPS) is 18.8. The van der Waals surface area contributed by atoms with Crippen molar-refractivity contribution in [3.63, 3.8) is 0 Å². The van der Waals surface area contributed by atoms with Gasteiger partial charge in [0.25, 0.3) is 0 Å². The molecule has 0 bridgehead atoms. The Hall–Kier alpha value is -2.53. The molecule has 2 aliphatic rings. The average Bonchev–Trinajstić information content (AvgIpc) is 2.84. The molecule has 1 aliphatic heterocycles. The monoisotopic (exact) mass is 434 g/mol. The first-order chi connectivity index (χ1) is 15.7. The molecule has 1 atom stereocenters. The summed E-state index contributed by atoms with van der Waals surface area (Å²) in [6.07, 6.45) is 7.29. The van der Waals surface area contributed by atoms with Gasteiger partial charge in [-0.2, -0.15) is 0 Å². The number of hydrogen-bond acceptors (Lipinski definition) is 4. The molecule has 172 valence electrons. The predicted molar refractivity (Wildman–Crippen MR) is 133 cm³/mol. The molecule has 2 N–H and O–H groups in total. The number of aryl methyl sites for hydroxylation is 1. The molecule has 32 heavy (non-hydrogen) atoms. The van der Waals surface area contributed by atoms with E-state index < -0.39 is 0 Å². The van der Waals surface area contributed by atoms with Gasteiger partial charge in [-0.15, -0.1) is 0 Å². The molecule has 0 spiro atoms. The Kier molecular flexibility index (Phi) is 8.05. The highest BCUT2D eigenvalue weighted by Gasteiger charge is 2.21. The largest absolute Gasteiger partial charge is 0.386 e. The summed E-state index contributed by atoms with van der Waals surface area (Å²) >= 11 is 0. The van der Waals surface area contributed by atoms with E-state index >= 15 is 0 Å². The SMILES string of the molecule is CNc1ccccc1N1CCN(CCCCCC(=O)NC2CCCc3ccccc32)CC1. The summed E-state index contributed by atoms with van der Waals surface area (Å²) < 4.78 is 0. The number of amides is 1. The maximum absolute atomic E-state index is 12.5. The van der Waals surface area contributed by atoms with Crippen LogP contribution in [-0.4, -0.2) is 50.6 Å². The molecule has 2 aromatic rings. The van der Waals surface area contributed by atoms with Crippen LogP contribution in [-0.2, 0) is 11.2 Å². The van der Waals surface area contributed by atoms with Crippen molar-refractivity contribution >= 4 is 17.3 Å². The second-order valence-corrected chi connectivity index (χ2v) is 9.12. The standard InChI is InChI=1S/C27H38N4O/c1-28-25-13-6-7-15-26(25)31-20-18-30(19-21-31)17-8-2-3-16-27(32)29-24-14-9-11-22-10-4-5-12-23(22)24/h4-7,10,12-13,15,24,28H,2-3,8-9,11,14,16-21H2,1H3,(H,29,32). The molecule has 1 unspecified atom stereocenters. The Labute approximate surface area is 193 Å². The first kappa shape index (κ1) is 22.7. The number of carbonyl (C=O) groups excluding carboxylic acids is 1. The van der Waals surface area contributed by atoms with Crippen LogP contribution in [0.2, 0.25) is 0 Å². The van der Waals surface area contributed by atoms with Gasteiger partial charge < -0.3 is 15.5 Å². The summed E-state index contributed by atoms with van der Waals surface area (Å²) in [7, 11) is 1.99. The van der Waals surface area contributed by atoms with Crippen LogP contribution in [0.3, 0.4) is 0 Å². The van der Waals surface area contributed by atoms with Gasteiger partial charge >= 0.3 is 0 Å². The number of nitrogens with one attached hydrogen (secondary N) is 2. The van der Waals surface area contributed by atoms with Gasteiger partial charge in [-0.25, -0.2) is 0 Å². The highest BCUT2D eigenvalue weighted by atomic mass is 16.1. The Balaban J connectivity index is 1.11. The molecule has 1 aliphatic carbocycles. The van der Waals surface area contributed by atoms with Crippen molar-refractivity contribution in [2.45, 2.75) is 51.0 Å². The van der Waals surface area contributed by atoms with Crippen LogP contribution < -0.4 is 15.5 Å². The van der Waals surface area contributed by atoms with Crippen molar-refractivity contribution in [2.75, 3.05) is 50.0 Å². The number of unbranched alkanes of at least 4 members (excludes halogenated alkanes) is 2. The van der Waals surface area contributed by atoms with E-state index in [2.05, 4.69) is 69.0 Å².